The largest absolute Gasteiger partial charge is 0.290 e. The number of carbonyl (C=O) groups is 2. The molecule has 27 heavy (non-hydrogen) atoms. The molecule has 0 spiro atoms. The van der Waals surface area contributed by atoms with E-state index in [2.05, 4.69) is 22.9 Å². The molecule has 0 fully saturated rings. The molecule has 0 radical (unpaired) electrons. The Bertz CT molecular complexity index is 845. The summed E-state index contributed by atoms with van der Waals surface area (Å²) in [5.74, 6) is -0.767. The van der Waals surface area contributed by atoms with Gasteiger partial charge in [0, 0.05) is 18.4 Å². The highest BCUT2D eigenvalue weighted by atomic mass is 16.2. The number of fused-ring (bicyclic) bond motifs is 1. The SMILES string of the molecule is CCCCCCCCC(=O)NNC(=O)c1nn(CC)c(=O)c2ccccc12. The van der Waals surface area contributed by atoms with E-state index in [4.69, 9.17) is 0 Å². The average Bonchev–Trinajstić information content (AvgIpc) is 2.69. The van der Waals surface area contributed by atoms with Crippen LogP contribution in [0.4, 0.5) is 0 Å². The normalized spacial score (nSPS) is 10.7. The van der Waals surface area contributed by atoms with E-state index in [-0.39, 0.29) is 17.2 Å². The minimum Gasteiger partial charge on any atom is -0.273 e. The summed E-state index contributed by atoms with van der Waals surface area (Å²) in [7, 11) is 0. The molecule has 7 heteroatoms. The van der Waals surface area contributed by atoms with Crippen LogP contribution in [0.15, 0.2) is 29.1 Å². The fraction of sp³-hybridized carbons (Fsp3) is 0.500. The molecule has 7 nitrogen and oxygen atoms in total. The number of hydrogen-bond donors (Lipinski definition) is 2. The lowest BCUT2D eigenvalue weighted by atomic mass is 10.1. The Morgan fingerprint density at radius 2 is 1.63 bits per heavy atom. The number of nitrogens with one attached hydrogen (secondary N) is 2. The van der Waals surface area contributed by atoms with Crippen LogP contribution in [0.5, 0.6) is 0 Å². The van der Waals surface area contributed by atoms with Crippen LogP contribution in [0, 0.1) is 0 Å². The van der Waals surface area contributed by atoms with E-state index in [1.54, 1.807) is 31.2 Å². The molecule has 0 unspecified atom stereocenters. The van der Waals surface area contributed by atoms with Gasteiger partial charge in [-0.2, -0.15) is 5.10 Å². The molecule has 146 valence electrons. The standard InChI is InChI=1S/C20H28N4O3/c1-3-5-6-7-8-9-14-17(25)21-22-19(26)18-15-12-10-11-13-16(15)20(27)24(4-2)23-18/h10-13H,3-9,14H2,1-2H3,(H,21,25)(H,22,26). The molecule has 2 amide bonds. The third kappa shape index (κ3) is 5.64. The Labute approximate surface area is 159 Å². The van der Waals surface area contributed by atoms with Gasteiger partial charge in [0.2, 0.25) is 5.91 Å². The lowest BCUT2D eigenvalue weighted by molar-refractivity contribution is -0.122. The molecule has 2 aromatic rings. The molecular weight excluding hydrogens is 344 g/mol. The van der Waals surface area contributed by atoms with E-state index in [0.29, 0.717) is 23.7 Å². The van der Waals surface area contributed by atoms with Gasteiger partial charge in [-0.1, -0.05) is 57.2 Å². The van der Waals surface area contributed by atoms with E-state index >= 15 is 0 Å². The third-order valence-corrected chi connectivity index (χ3v) is 4.46. The zero-order chi connectivity index (χ0) is 19.6. The van der Waals surface area contributed by atoms with Crippen molar-refractivity contribution in [2.45, 2.75) is 65.3 Å². The van der Waals surface area contributed by atoms with E-state index in [0.717, 1.165) is 19.3 Å². The summed E-state index contributed by atoms with van der Waals surface area (Å²) in [4.78, 5) is 36.7. The van der Waals surface area contributed by atoms with Crippen molar-refractivity contribution in [3.05, 3.63) is 40.3 Å². The van der Waals surface area contributed by atoms with Crippen LogP contribution in [0.3, 0.4) is 0 Å². The number of nitrogens with zero attached hydrogens (tertiary/aromatic N) is 2. The Balaban J connectivity index is 1.95. The van der Waals surface area contributed by atoms with Crippen LogP contribution in [-0.2, 0) is 11.3 Å². The van der Waals surface area contributed by atoms with E-state index in [9.17, 15) is 14.4 Å². The number of aryl methyl sites for hydroxylation is 1. The van der Waals surface area contributed by atoms with Crippen molar-refractivity contribution in [3.8, 4) is 0 Å². The quantitative estimate of drug-likeness (QED) is 0.523. The Kier molecular flexibility index (Phi) is 7.98. The topological polar surface area (TPSA) is 93.1 Å². The van der Waals surface area contributed by atoms with Gasteiger partial charge >= 0.3 is 0 Å². The highest BCUT2D eigenvalue weighted by Crippen LogP contribution is 2.13. The van der Waals surface area contributed by atoms with Crippen molar-refractivity contribution >= 4 is 22.6 Å². The maximum atomic E-state index is 12.5. The zero-order valence-electron chi connectivity index (χ0n) is 16.1. The number of hydrogen-bond acceptors (Lipinski definition) is 4. The maximum Gasteiger partial charge on any atom is 0.290 e. The van der Waals surface area contributed by atoms with Crippen LogP contribution >= 0.6 is 0 Å². The van der Waals surface area contributed by atoms with Crippen molar-refractivity contribution in [3.63, 3.8) is 0 Å². The molecular formula is C20H28N4O3. The first kappa shape index (κ1) is 20.6. The van der Waals surface area contributed by atoms with E-state index < -0.39 is 5.91 Å². The number of unbranched alkanes of at least 4 members (excludes halogenated alkanes) is 5. The van der Waals surface area contributed by atoms with E-state index in [1.165, 1.54) is 23.9 Å². The first-order valence-corrected chi connectivity index (χ1v) is 9.67. The molecule has 0 saturated heterocycles. The molecule has 1 aromatic carbocycles. The predicted molar refractivity (Wildman–Crippen MR) is 105 cm³/mol. The minimum atomic E-state index is -0.537. The number of benzene rings is 1. The molecule has 0 saturated carbocycles. The minimum absolute atomic E-state index is 0.118. The lowest BCUT2D eigenvalue weighted by Crippen LogP contribution is -2.42. The van der Waals surface area contributed by atoms with Gasteiger partial charge in [-0.05, 0) is 19.4 Å². The van der Waals surface area contributed by atoms with Crippen LogP contribution in [0.1, 0.15) is 69.3 Å². The Hall–Kier alpha value is -2.70. The highest BCUT2D eigenvalue weighted by Gasteiger charge is 2.16. The lowest BCUT2D eigenvalue weighted by Gasteiger charge is -2.11. The number of aromatic nitrogens is 2. The van der Waals surface area contributed by atoms with Crippen molar-refractivity contribution < 1.29 is 9.59 Å². The van der Waals surface area contributed by atoms with Crippen LogP contribution in [0.25, 0.3) is 10.8 Å². The van der Waals surface area contributed by atoms with Crippen LogP contribution in [0.2, 0.25) is 0 Å². The van der Waals surface area contributed by atoms with Crippen LogP contribution in [-0.4, -0.2) is 21.6 Å². The van der Waals surface area contributed by atoms with Crippen molar-refractivity contribution in [1.82, 2.24) is 20.6 Å². The van der Waals surface area contributed by atoms with Crippen molar-refractivity contribution in [2.75, 3.05) is 0 Å². The zero-order valence-corrected chi connectivity index (χ0v) is 16.1. The number of amides is 2. The summed E-state index contributed by atoms with van der Waals surface area (Å²) in [5.41, 5.74) is 4.72. The molecule has 0 bridgehead atoms. The maximum absolute atomic E-state index is 12.5. The van der Waals surface area contributed by atoms with Crippen molar-refractivity contribution in [2.24, 2.45) is 0 Å². The summed E-state index contributed by atoms with van der Waals surface area (Å²) in [6, 6.07) is 6.83. The van der Waals surface area contributed by atoms with Gasteiger partial charge in [-0.3, -0.25) is 25.2 Å². The fourth-order valence-corrected chi connectivity index (χ4v) is 2.93. The molecule has 1 aromatic heterocycles. The van der Waals surface area contributed by atoms with Crippen molar-refractivity contribution in [1.29, 1.82) is 0 Å². The van der Waals surface area contributed by atoms with Crippen LogP contribution < -0.4 is 16.4 Å². The second-order valence-corrected chi connectivity index (χ2v) is 6.54. The summed E-state index contributed by atoms with van der Waals surface area (Å²) >= 11 is 0. The summed E-state index contributed by atoms with van der Waals surface area (Å²) in [6.07, 6.45) is 6.92. The second-order valence-electron chi connectivity index (χ2n) is 6.54. The average molecular weight is 372 g/mol. The summed E-state index contributed by atoms with van der Waals surface area (Å²) in [5, 5.41) is 5.04. The predicted octanol–water partition coefficient (Wildman–Crippen LogP) is 2.93. The first-order valence-electron chi connectivity index (χ1n) is 9.67. The van der Waals surface area contributed by atoms with Gasteiger partial charge in [0.25, 0.3) is 11.5 Å². The summed E-state index contributed by atoms with van der Waals surface area (Å²) in [6.45, 7) is 4.31. The molecule has 0 aliphatic rings. The van der Waals surface area contributed by atoms with E-state index in [1.807, 2.05) is 0 Å². The van der Waals surface area contributed by atoms with Gasteiger partial charge in [0.1, 0.15) is 0 Å². The molecule has 0 aliphatic carbocycles. The van der Waals surface area contributed by atoms with Gasteiger partial charge < -0.3 is 0 Å². The second kappa shape index (κ2) is 10.4. The molecule has 2 N–H and O–H groups in total. The number of carbonyl (C=O) groups excluding carboxylic acids is 2. The van der Waals surface area contributed by atoms with Gasteiger partial charge in [0.15, 0.2) is 5.69 Å². The molecule has 1 heterocycles. The summed E-state index contributed by atoms with van der Waals surface area (Å²) < 4.78 is 1.25. The van der Waals surface area contributed by atoms with Gasteiger partial charge in [-0.15, -0.1) is 0 Å². The van der Waals surface area contributed by atoms with Gasteiger partial charge in [0.05, 0.1) is 5.39 Å². The fourth-order valence-electron chi connectivity index (χ4n) is 2.93. The highest BCUT2D eigenvalue weighted by molar-refractivity contribution is 6.05. The Morgan fingerprint density at radius 1 is 0.963 bits per heavy atom. The van der Waals surface area contributed by atoms with Gasteiger partial charge in [-0.25, -0.2) is 4.68 Å². The number of hydrazine groups is 1. The molecule has 2 rings (SSSR count). The third-order valence-electron chi connectivity index (χ3n) is 4.46. The Morgan fingerprint density at radius 3 is 2.33 bits per heavy atom. The smallest absolute Gasteiger partial charge is 0.273 e. The molecule has 0 aliphatic heterocycles. The first-order chi connectivity index (χ1) is 13.1. The number of rotatable bonds is 9. The monoisotopic (exact) mass is 372 g/mol. The molecule has 0 atom stereocenters.